The first-order chi connectivity index (χ1) is 7.82. The van der Waals surface area contributed by atoms with Gasteiger partial charge in [-0.25, -0.2) is 4.79 Å². The molecule has 1 heterocycles. The van der Waals surface area contributed by atoms with E-state index in [9.17, 15) is 9.59 Å². The van der Waals surface area contributed by atoms with Gasteiger partial charge in [-0.3, -0.25) is 4.79 Å². The number of amides is 1. The molecule has 0 saturated carbocycles. The minimum Gasteiger partial charge on any atom is -0.478 e. The number of thiophene rings is 1. The first-order valence-corrected chi connectivity index (χ1v) is 6.27. The van der Waals surface area contributed by atoms with Crippen molar-refractivity contribution in [3.63, 3.8) is 0 Å². The Balaban J connectivity index is 2.95. The lowest BCUT2D eigenvalue weighted by atomic mass is 10.1. The first-order valence-electron chi connectivity index (χ1n) is 5.46. The van der Waals surface area contributed by atoms with Crippen LogP contribution in [0.5, 0.6) is 0 Å². The van der Waals surface area contributed by atoms with E-state index < -0.39 is 5.97 Å². The van der Waals surface area contributed by atoms with Gasteiger partial charge < -0.3 is 10.4 Å². The predicted molar refractivity (Wildman–Crippen MR) is 68.8 cm³/mol. The van der Waals surface area contributed by atoms with Crippen LogP contribution in [0.25, 0.3) is 0 Å². The van der Waals surface area contributed by atoms with E-state index in [1.165, 1.54) is 11.3 Å². The van der Waals surface area contributed by atoms with Crippen molar-refractivity contribution in [1.29, 1.82) is 0 Å². The highest BCUT2D eigenvalue weighted by atomic mass is 32.1. The second-order valence-corrected chi connectivity index (χ2v) is 5.66. The fraction of sp³-hybridized carbons (Fsp3) is 0.500. The third kappa shape index (κ3) is 3.30. The number of carboxylic acids is 1. The Morgan fingerprint density at radius 2 is 1.94 bits per heavy atom. The number of carbonyl (C=O) groups is 2. The van der Waals surface area contributed by atoms with Crippen LogP contribution in [0.3, 0.4) is 0 Å². The van der Waals surface area contributed by atoms with Gasteiger partial charge in [-0.15, -0.1) is 11.3 Å². The maximum atomic E-state index is 11.6. The number of hydrogen-bond donors (Lipinski definition) is 2. The highest BCUT2D eigenvalue weighted by Crippen LogP contribution is 2.32. The zero-order valence-corrected chi connectivity index (χ0v) is 11.3. The molecule has 94 valence electrons. The van der Waals surface area contributed by atoms with Crippen LogP contribution in [0.4, 0.5) is 5.00 Å². The van der Waals surface area contributed by atoms with E-state index >= 15 is 0 Å². The van der Waals surface area contributed by atoms with Crippen molar-refractivity contribution in [2.75, 3.05) is 5.32 Å². The quantitative estimate of drug-likeness (QED) is 0.869. The summed E-state index contributed by atoms with van der Waals surface area (Å²) in [6.45, 7) is 7.50. The minimum atomic E-state index is -0.994. The van der Waals surface area contributed by atoms with E-state index in [4.69, 9.17) is 5.11 Å². The second kappa shape index (κ2) is 5.31. The summed E-state index contributed by atoms with van der Waals surface area (Å²) in [6, 6.07) is 0. The number of carbonyl (C=O) groups excluding carboxylic acids is 1. The monoisotopic (exact) mass is 255 g/mol. The maximum Gasteiger partial charge on any atom is 0.338 e. The number of hydrogen-bond acceptors (Lipinski definition) is 3. The Hall–Kier alpha value is -1.36. The molecule has 17 heavy (non-hydrogen) atoms. The molecule has 0 radical (unpaired) electrons. The fourth-order valence-electron chi connectivity index (χ4n) is 1.52. The summed E-state index contributed by atoms with van der Waals surface area (Å²) in [5.41, 5.74) is 0.937. The Morgan fingerprint density at radius 3 is 2.41 bits per heavy atom. The average molecular weight is 255 g/mol. The summed E-state index contributed by atoms with van der Waals surface area (Å²) in [4.78, 5) is 23.7. The van der Waals surface area contributed by atoms with Crippen LogP contribution in [-0.4, -0.2) is 17.0 Å². The van der Waals surface area contributed by atoms with Crippen LogP contribution in [0, 0.1) is 19.8 Å². The highest BCUT2D eigenvalue weighted by molar-refractivity contribution is 7.16. The minimum absolute atomic E-state index is 0.135. The molecular weight excluding hydrogens is 238 g/mol. The number of rotatable bonds is 4. The van der Waals surface area contributed by atoms with Gasteiger partial charge in [0.2, 0.25) is 5.91 Å². The molecule has 0 bridgehead atoms. The molecule has 0 aliphatic carbocycles. The summed E-state index contributed by atoms with van der Waals surface area (Å²) in [5, 5.41) is 12.2. The Kier molecular flexibility index (Phi) is 4.28. The van der Waals surface area contributed by atoms with Crippen molar-refractivity contribution in [2.24, 2.45) is 5.92 Å². The predicted octanol–water partition coefficient (Wildman–Crippen LogP) is 3.05. The number of nitrogens with one attached hydrogen (secondary N) is 1. The molecule has 0 aromatic carbocycles. The molecule has 0 saturated heterocycles. The summed E-state index contributed by atoms with van der Waals surface area (Å²) < 4.78 is 0. The van der Waals surface area contributed by atoms with Crippen molar-refractivity contribution in [3.05, 3.63) is 16.0 Å². The van der Waals surface area contributed by atoms with Crippen molar-refractivity contribution < 1.29 is 14.7 Å². The Bertz CT molecular complexity index is 449. The van der Waals surface area contributed by atoms with Crippen LogP contribution in [-0.2, 0) is 4.79 Å². The number of aromatic carboxylic acids is 1. The third-order valence-corrected chi connectivity index (χ3v) is 3.57. The second-order valence-electron chi connectivity index (χ2n) is 4.44. The summed E-state index contributed by atoms with van der Waals surface area (Å²) >= 11 is 1.31. The number of carboxylic acid groups (broad SMARTS) is 1. The molecule has 0 aliphatic heterocycles. The van der Waals surface area contributed by atoms with Crippen molar-refractivity contribution in [1.82, 2.24) is 0 Å². The summed E-state index contributed by atoms with van der Waals surface area (Å²) in [5.74, 6) is -0.874. The van der Waals surface area contributed by atoms with E-state index in [1.54, 1.807) is 6.92 Å². The molecule has 1 rings (SSSR count). The van der Waals surface area contributed by atoms with Crippen LogP contribution < -0.4 is 5.32 Å². The van der Waals surface area contributed by atoms with E-state index in [0.29, 0.717) is 11.4 Å². The topological polar surface area (TPSA) is 66.4 Å². The lowest BCUT2D eigenvalue weighted by Gasteiger charge is -2.06. The Morgan fingerprint density at radius 1 is 1.35 bits per heavy atom. The summed E-state index contributed by atoms with van der Waals surface area (Å²) in [7, 11) is 0. The number of aryl methyl sites for hydroxylation is 1. The Labute approximate surface area is 105 Å². The smallest absolute Gasteiger partial charge is 0.338 e. The van der Waals surface area contributed by atoms with Crippen LogP contribution in [0.1, 0.15) is 41.1 Å². The third-order valence-electron chi connectivity index (χ3n) is 2.45. The van der Waals surface area contributed by atoms with Crippen molar-refractivity contribution in [2.45, 2.75) is 34.1 Å². The SMILES string of the molecule is Cc1sc(NC(=O)CC(C)C)c(C(=O)O)c1C. The van der Waals surface area contributed by atoms with Crippen LogP contribution >= 0.6 is 11.3 Å². The molecule has 0 fully saturated rings. The molecule has 2 N–H and O–H groups in total. The zero-order chi connectivity index (χ0) is 13.2. The molecule has 4 nitrogen and oxygen atoms in total. The van der Waals surface area contributed by atoms with Gasteiger partial charge in [0.25, 0.3) is 0 Å². The van der Waals surface area contributed by atoms with E-state index in [0.717, 1.165) is 10.4 Å². The average Bonchev–Trinajstić information content (AvgIpc) is 2.40. The highest BCUT2D eigenvalue weighted by Gasteiger charge is 2.20. The van der Waals surface area contributed by atoms with E-state index in [2.05, 4.69) is 5.32 Å². The van der Waals surface area contributed by atoms with Gasteiger partial charge in [0.05, 0.1) is 5.56 Å². The standard InChI is InChI=1S/C12H17NO3S/c1-6(2)5-9(14)13-11-10(12(15)16)7(3)8(4)17-11/h6H,5H2,1-4H3,(H,13,14)(H,15,16). The van der Waals surface area contributed by atoms with Gasteiger partial charge in [-0.2, -0.15) is 0 Å². The number of anilines is 1. The molecule has 5 heteroatoms. The molecule has 1 amide bonds. The van der Waals surface area contributed by atoms with Crippen molar-refractivity contribution >= 4 is 28.2 Å². The van der Waals surface area contributed by atoms with Gasteiger partial charge >= 0.3 is 5.97 Å². The van der Waals surface area contributed by atoms with Gasteiger partial charge in [0, 0.05) is 11.3 Å². The van der Waals surface area contributed by atoms with Crippen LogP contribution in [0.2, 0.25) is 0 Å². The normalized spacial score (nSPS) is 10.6. The fourth-order valence-corrected chi connectivity index (χ4v) is 2.59. The zero-order valence-electron chi connectivity index (χ0n) is 10.5. The van der Waals surface area contributed by atoms with Gasteiger partial charge in [-0.05, 0) is 25.3 Å². The largest absolute Gasteiger partial charge is 0.478 e. The van der Waals surface area contributed by atoms with E-state index in [1.807, 2.05) is 20.8 Å². The lowest BCUT2D eigenvalue weighted by Crippen LogP contribution is -2.15. The van der Waals surface area contributed by atoms with Crippen molar-refractivity contribution in [3.8, 4) is 0 Å². The van der Waals surface area contributed by atoms with E-state index in [-0.39, 0.29) is 17.4 Å². The molecule has 1 aromatic heterocycles. The maximum absolute atomic E-state index is 11.6. The lowest BCUT2D eigenvalue weighted by molar-refractivity contribution is -0.116. The molecular formula is C12H17NO3S. The first kappa shape index (κ1) is 13.7. The molecule has 0 atom stereocenters. The molecule has 0 spiro atoms. The van der Waals surface area contributed by atoms with Gasteiger partial charge in [0.1, 0.15) is 5.00 Å². The molecule has 0 aliphatic rings. The van der Waals surface area contributed by atoms with Gasteiger partial charge in [-0.1, -0.05) is 13.8 Å². The molecule has 0 unspecified atom stereocenters. The van der Waals surface area contributed by atoms with Gasteiger partial charge in [0.15, 0.2) is 0 Å². The summed E-state index contributed by atoms with van der Waals surface area (Å²) in [6.07, 6.45) is 0.398. The molecule has 1 aromatic rings. The van der Waals surface area contributed by atoms with Crippen LogP contribution in [0.15, 0.2) is 0 Å².